The van der Waals surface area contributed by atoms with Crippen LogP contribution in [0.25, 0.3) is 16.2 Å². The summed E-state index contributed by atoms with van der Waals surface area (Å²) in [6.07, 6.45) is 1.35. The molecule has 0 spiro atoms. The van der Waals surface area contributed by atoms with Gasteiger partial charge in [0.05, 0.1) is 27.8 Å². The van der Waals surface area contributed by atoms with Gasteiger partial charge in [-0.1, -0.05) is 48.5 Å². The van der Waals surface area contributed by atoms with Gasteiger partial charge in [0.25, 0.3) is 11.6 Å². The Kier molecular flexibility index (Phi) is 7.32. The lowest BCUT2D eigenvalue weighted by atomic mass is 10.0. The maximum Gasteiger partial charge on any atom is 0.305 e. The van der Waals surface area contributed by atoms with E-state index in [0.29, 0.717) is 29.3 Å². The highest BCUT2D eigenvalue weighted by atomic mass is 32.1. The second-order valence-corrected chi connectivity index (χ2v) is 9.66. The van der Waals surface area contributed by atoms with Crippen molar-refractivity contribution in [1.29, 1.82) is 0 Å². The number of imidazole rings is 1. The second-order valence-electron chi connectivity index (χ2n) is 8.72. The minimum atomic E-state index is -1.15. The van der Waals surface area contributed by atoms with E-state index in [1.165, 1.54) is 29.5 Å². The Balaban J connectivity index is 1.52. The van der Waals surface area contributed by atoms with E-state index in [2.05, 4.69) is 10.6 Å². The van der Waals surface area contributed by atoms with Crippen LogP contribution < -0.4 is 10.6 Å². The molecule has 39 heavy (non-hydrogen) atoms. The summed E-state index contributed by atoms with van der Waals surface area (Å²) in [4.78, 5) is 41.5. The smallest absolute Gasteiger partial charge is 0.305 e. The lowest BCUT2D eigenvalue weighted by Gasteiger charge is -2.17. The van der Waals surface area contributed by atoms with Crippen LogP contribution in [0.1, 0.15) is 33.9 Å². The molecule has 0 aliphatic carbocycles. The highest BCUT2D eigenvalue weighted by Gasteiger charge is 2.24. The van der Waals surface area contributed by atoms with E-state index < -0.39 is 29.3 Å². The molecule has 1 unspecified atom stereocenters. The van der Waals surface area contributed by atoms with E-state index in [1.54, 1.807) is 28.8 Å². The summed E-state index contributed by atoms with van der Waals surface area (Å²) in [5.74, 6) is -0.986. The van der Waals surface area contributed by atoms with Crippen LogP contribution in [0.4, 0.5) is 11.5 Å². The van der Waals surface area contributed by atoms with Gasteiger partial charge in [-0.2, -0.15) is 0 Å². The van der Waals surface area contributed by atoms with Gasteiger partial charge in [-0.3, -0.25) is 24.1 Å². The van der Waals surface area contributed by atoms with Crippen molar-refractivity contribution in [3.8, 4) is 10.6 Å². The first-order valence-corrected chi connectivity index (χ1v) is 12.9. The number of thiophene rings is 1. The number of pyridine rings is 1. The average molecular weight is 542 g/mol. The fourth-order valence-electron chi connectivity index (χ4n) is 4.30. The number of carboxylic acid groups (broad SMARTS) is 1. The van der Waals surface area contributed by atoms with E-state index in [1.807, 2.05) is 47.8 Å². The number of carbonyl (C=O) groups excluding carboxylic acids is 1. The number of hydrogen-bond donors (Lipinski definition) is 3. The number of fused-ring (bicyclic) bond motifs is 1. The fourth-order valence-corrected chi connectivity index (χ4v) is 5.01. The summed E-state index contributed by atoms with van der Waals surface area (Å²) in [6.45, 7) is 0.539. The number of carbonyl (C=O) groups is 2. The number of rotatable bonds is 10. The summed E-state index contributed by atoms with van der Waals surface area (Å²) in [5.41, 5.74) is 2.52. The fraction of sp³-hybridized carbons (Fsp3) is 0.107. The highest BCUT2D eigenvalue weighted by molar-refractivity contribution is 7.13. The summed E-state index contributed by atoms with van der Waals surface area (Å²) in [7, 11) is 0. The molecule has 196 valence electrons. The first-order chi connectivity index (χ1) is 18.9. The Hall–Kier alpha value is -5.03. The molecule has 3 heterocycles. The zero-order chi connectivity index (χ0) is 27.4. The number of carboxylic acids is 1. The summed E-state index contributed by atoms with van der Waals surface area (Å²) < 4.78 is 1.80. The van der Waals surface area contributed by atoms with Crippen molar-refractivity contribution in [1.82, 2.24) is 14.7 Å². The molecule has 0 radical (unpaired) electrons. The predicted molar refractivity (Wildman–Crippen MR) is 148 cm³/mol. The van der Waals surface area contributed by atoms with Crippen molar-refractivity contribution in [2.24, 2.45) is 0 Å². The Labute approximate surface area is 226 Å². The van der Waals surface area contributed by atoms with Gasteiger partial charge in [-0.25, -0.2) is 4.98 Å². The third-order valence-electron chi connectivity index (χ3n) is 6.12. The quantitative estimate of drug-likeness (QED) is 0.156. The summed E-state index contributed by atoms with van der Waals surface area (Å²) in [5, 5.41) is 28.9. The molecular formula is C28H23N5O5S. The number of amides is 1. The van der Waals surface area contributed by atoms with Gasteiger partial charge in [0.15, 0.2) is 5.65 Å². The Morgan fingerprint density at radius 2 is 1.87 bits per heavy atom. The van der Waals surface area contributed by atoms with E-state index in [4.69, 9.17) is 4.98 Å². The SMILES string of the molecule is O=C(O)CC(NC(=O)c1cccn2c(NCc3ccccc3)c(-c3cccs3)nc12)c1cccc([N+](=O)[O-])c1. The van der Waals surface area contributed by atoms with Crippen molar-refractivity contribution in [2.45, 2.75) is 19.0 Å². The molecule has 1 atom stereocenters. The number of aliphatic carboxylic acids is 1. The standard InChI is InChI=1S/C28H23N5O5S/c34-24(35)16-22(19-9-4-10-20(15-19)33(37)38)30-28(36)21-11-5-13-32-26(21)31-25(23-12-6-14-39-23)27(32)29-17-18-7-2-1-3-8-18/h1-15,22,29H,16-17H2,(H,30,36)(H,34,35). The molecule has 0 aliphatic rings. The number of hydrogen-bond acceptors (Lipinski definition) is 7. The maximum absolute atomic E-state index is 13.5. The van der Waals surface area contributed by atoms with Crippen LogP contribution in [-0.4, -0.2) is 31.3 Å². The molecule has 2 aromatic carbocycles. The van der Waals surface area contributed by atoms with Gasteiger partial charge in [0.2, 0.25) is 0 Å². The summed E-state index contributed by atoms with van der Waals surface area (Å²) in [6, 6.07) is 21.7. The van der Waals surface area contributed by atoms with Crippen molar-refractivity contribution < 1.29 is 19.6 Å². The van der Waals surface area contributed by atoms with Crippen LogP contribution in [0.2, 0.25) is 0 Å². The number of nitrogens with zero attached hydrogens (tertiary/aromatic N) is 3. The second kappa shape index (κ2) is 11.2. The number of non-ortho nitro benzene ring substituents is 1. The average Bonchev–Trinajstić information content (AvgIpc) is 3.60. The van der Waals surface area contributed by atoms with Crippen LogP contribution in [0.5, 0.6) is 0 Å². The van der Waals surface area contributed by atoms with Crippen molar-refractivity contribution in [2.75, 3.05) is 5.32 Å². The monoisotopic (exact) mass is 541 g/mol. The normalized spacial score (nSPS) is 11.7. The molecule has 1 amide bonds. The predicted octanol–water partition coefficient (Wildman–Crippen LogP) is 5.53. The van der Waals surface area contributed by atoms with Gasteiger partial charge >= 0.3 is 5.97 Å². The third kappa shape index (κ3) is 5.63. The minimum Gasteiger partial charge on any atom is -0.481 e. The number of nitrogens with one attached hydrogen (secondary N) is 2. The molecule has 0 aliphatic heterocycles. The molecule has 0 saturated carbocycles. The van der Waals surface area contributed by atoms with E-state index in [9.17, 15) is 24.8 Å². The minimum absolute atomic E-state index is 0.192. The summed E-state index contributed by atoms with van der Waals surface area (Å²) >= 11 is 1.52. The van der Waals surface area contributed by atoms with E-state index >= 15 is 0 Å². The zero-order valence-electron chi connectivity index (χ0n) is 20.5. The Morgan fingerprint density at radius 1 is 1.05 bits per heavy atom. The van der Waals surface area contributed by atoms with Gasteiger partial charge in [0.1, 0.15) is 11.5 Å². The molecule has 5 rings (SSSR count). The van der Waals surface area contributed by atoms with Gasteiger partial charge in [-0.05, 0) is 34.7 Å². The Morgan fingerprint density at radius 3 is 2.59 bits per heavy atom. The van der Waals surface area contributed by atoms with Crippen LogP contribution >= 0.6 is 11.3 Å². The van der Waals surface area contributed by atoms with Crippen molar-refractivity contribution >= 4 is 40.4 Å². The third-order valence-corrected chi connectivity index (χ3v) is 7.00. The zero-order valence-corrected chi connectivity index (χ0v) is 21.3. The number of aromatic nitrogens is 2. The van der Waals surface area contributed by atoms with Gasteiger partial charge < -0.3 is 15.7 Å². The number of nitro benzene ring substituents is 1. The van der Waals surface area contributed by atoms with E-state index in [0.717, 1.165) is 10.4 Å². The van der Waals surface area contributed by atoms with Crippen LogP contribution in [0.3, 0.4) is 0 Å². The number of nitro groups is 1. The molecule has 3 N–H and O–H groups in total. The topological polar surface area (TPSA) is 139 Å². The van der Waals surface area contributed by atoms with Gasteiger partial charge in [-0.15, -0.1) is 11.3 Å². The molecular weight excluding hydrogens is 518 g/mol. The van der Waals surface area contributed by atoms with E-state index in [-0.39, 0.29) is 11.3 Å². The highest BCUT2D eigenvalue weighted by Crippen LogP contribution is 2.33. The van der Waals surface area contributed by atoms with Crippen molar-refractivity contribution in [3.05, 3.63) is 117 Å². The van der Waals surface area contributed by atoms with Crippen LogP contribution in [0, 0.1) is 10.1 Å². The largest absolute Gasteiger partial charge is 0.481 e. The molecule has 0 fully saturated rings. The first-order valence-electron chi connectivity index (χ1n) is 12.0. The number of benzene rings is 2. The molecule has 3 aromatic heterocycles. The molecule has 11 heteroatoms. The van der Waals surface area contributed by atoms with Crippen LogP contribution in [0.15, 0.2) is 90.4 Å². The maximum atomic E-state index is 13.5. The molecule has 0 saturated heterocycles. The Bertz CT molecular complexity index is 1650. The first kappa shape index (κ1) is 25.6. The van der Waals surface area contributed by atoms with Crippen LogP contribution in [-0.2, 0) is 11.3 Å². The lowest BCUT2D eigenvalue weighted by molar-refractivity contribution is -0.384. The molecule has 0 bridgehead atoms. The molecule has 10 nitrogen and oxygen atoms in total. The van der Waals surface area contributed by atoms with Gasteiger partial charge in [0, 0.05) is 24.9 Å². The van der Waals surface area contributed by atoms with Crippen molar-refractivity contribution in [3.63, 3.8) is 0 Å². The molecule has 5 aromatic rings. The number of anilines is 1. The lowest BCUT2D eigenvalue weighted by Crippen LogP contribution is -2.30.